The Balaban J connectivity index is 2.25. The highest BCUT2D eigenvalue weighted by atomic mass is 16.6. The molecule has 1 amide bonds. The van der Waals surface area contributed by atoms with Gasteiger partial charge in [-0.1, -0.05) is 12.1 Å². The summed E-state index contributed by atoms with van der Waals surface area (Å²) in [6.45, 7) is 3.09. The van der Waals surface area contributed by atoms with Crippen LogP contribution in [-0.4, -0.2) is 46.2 Å². The van der Waals surface area contributed by atoms with Gasteiger partial charge in [-0.2, -0.15) is 0 Å². The third-order valence-electron chi connectivity index (χ3n) is 2.26. The van der Waals surface area contributed by atoms with Gasteiger partial charge in [-0.05, 0) is 6.42 Å². The molecule has 16 heavy (non-hydrogen) atoms. The Morgan fingerprint density at radius 1 is 1.62 bits per heavy atom. The minimum absolute atomic E-state index is 0.281. The zero-order valence-corrected chi connectivity index (χ0v) is 10.0. The van der Waals surface area contributed by atoms with Crippen molar-refractivity contribution >= 4 is 6.09 Å². The number of carbonyl (C=O) groups is 1. The third-order valence-corrected chi connectivity index (χ3v) is 2.26. The van der Waals surface area contributed by atoms with E-state index in [2.05, 4.69) is 10.3 Å². The highest BCUT2D eigenvalue weighted by molar-refractivity contribution is 5.67. The number of hydrogen-bond donors (Lipinski definition) is 0. The van der Waals surface area contributed by atoms with E-state index in [1.54, 1.807) is 22.8 Å². The monoisotopic (exact) mass is 226 g/mol. The molecular formula is C10H18N4O2. The zero-order valence-electron chi connectivity index (χ0n) is 10.0. The first kappa shape index (κ1) is 12.5. The molecule has 1 aromatic heterocycles. The average Bonchev–Trinajstić information content (AvgIpc) is 2.65. The van der Waals surface area contributed by atoms with Gasteiger partial charge in [0, 0.05) is 27.1 Å². The van der Waals surface area contributed by atoms with Gasteiger partial charge in [0.25, 0.3) is 0 Å². The molecular weight excluding hydrogens is 208 g/mol. The molecule has 0 aliphatic heterocycles. The lowest BCUT2D eigenvalue weighted by Gasteiger charge is -2.15. The molecule has 0 bridgehead atoms. The van der Waals surface area contributed by atoms with Crippen LogP contribution in [0.3, 0.4) is 0 Å². The fraction of sp³-hybridized carbons (Fsp3) is 0.700. The van der Waals surface area contributed by atoms with E-state index in [0.717, 1.165) is 12.1 Å². The fourth-order valence-electron chi connectivity index (χ4n) is 1.32. The van der Waals surface area contributed by atoms with E-state index in [1.807, 2.05) is 14.0 Å². The highest BCUT2D eigenvalue weighted by Gasteiger charge is 2.08. The summed E-state index contributed by atoms with van der Waals surface area (Å²) in [4.78, 5) is 13.0. The Hall–Kier alpha value is -1.59. The van der Waals surface area contributed by atoms with Crippen LogP contribution in [0.2, 0.25) is 0 Å². The standard InChI is InChI=1S/C10H18N4O2/c1-4-6-13(2)10(15)16-7-5-9-8-11-12-14(9)3/h8H,4-7H2,1-3H3. The maximum atomic E-state index is 11.4. The van der Waals surface area contributed by atoms with Crippen molar-refractivity contribution in [1.29, 1.82) is 0 Å². The molecule has 0 unspecified atom stereocenters. The molecule has 0 N–H and O–H groups in total. The van der Waals surface area contributed by atoms with Crippen molar-refractivity contribution in [2.24, 2.45) is 7.05 Å². The molecule has 90 valence electrons. The van der Waals surface area contributed by atoms with Crippen LogP contribution in [0.25, 0.3) is 0 Å². The van der Waals surface area contributed by atoms with E-state index < -0.39 is 0 Å². The summed E-state index contributed by atoms with van der Waals surface area (Å²) in [7, 11) is 3.55. The number of hydrogen-bond acceptors (Lipinski definition) is 4. The van der Waals surface area contributed by atoms with Crippen molar-refractivity contribution < 1.29 is 9.53 Å². The second kappa shape index (κ2) is 6.09. The van der Waals surface area contributed by atoms with E-state index in [0.29, 0.717) is 19.6 Å². The lowest BCUT2D eigenvalue weighted by atomic mass is 10.3. The minimum atomic E-state index is -0.281. The van der Waals surface area contributed by atoms with Gasteiger partial charge in [0.05, 0.1) is 18.5 Å². The molecule has 0 aliphatic carbocycles. The average molecular weight is 226 g/mol. The van der Waals surface area contributed by atoms with Crippen LogP contribution < -0.4 is 0 Å². The molecule has 6 nitrogen and oxygen atoms in total. The topological polar surface area (TPSA) is 60.3 Å². The summed E-state index contributed by atoms with van der Waals surface area (Å²) in [6.07, 6.45) is 2.95. The molecule has 0 radical (unpaired) electrons. The Bertz CT molecular complexity index is 337. The molecule has 1 rings (SSSR count). The van der Waals surface area contributed by atoms with Gasteiger partial charge in [-0.15, -0.1) is 5.10 Å². The summed E-state index contributed by atoms with van der Waals surface area (Å²) in [5.74, 6) is 0. The number of rotatable bonds is 5. The van der Waals surface area contributed by atoms with Crippen LogP contribution in [0.5, 0.6) is 0 Å². The lowest BCUT2D eigenvalue weighted by molar-refractivity contribution is 0.111. The Labute approximate surface area is 95.2 Å². The molecule has 0 saturated heterocycles. The van der Waals surface area contributed by atoms with Crippen LogP contribution in [0.4, 0.5) is 4.79 Å². The number of nitrogens with zero attached hydrogens (tertiary/aromatic N) is 4. The Morgan fingerprint density at radius 2 is 2.38 bits per heavy atom. The first-order valence-electron chi connectivity index (χ1n) is 5.36. The summed E-state index contributed by atoms with van der Waals surface area (Å²) in [5.41, 5.74) is 0.950. The molecule has 0 spiro atoms. The van der Waals surface area contributed by atoms with Crippen LogP contribution in [0.1, 0.15) is 19.0 Å². The SMILES string of the molecule is CCCN(C)C(=O)OCCc1cnnn1C. The molecule has 1 aromatic rings. The maximum absolute atomic E-state index is 11.4. The smallest absolute Gasteiger partial charge is 0.409 e. The quantitative estimate of drug-likeness (QED) is 0.746. The fourth-order valence-corrected chi connectivity index (χ4v) is 1.32. The molecule has 1 heterocycles. The lowest BCUT2D eigenvalue weighted by Crippen LogP contribution is -2.28. The van der Waals surface area contributed by atoms with E-state index in [-0.39, 0.29) is 6.09 Å². The second-order valence-electron chi connectivity index (χ2n) is 3.63. The zero-order chi connectivity index (χ0) is 12.0. The molecule has 0 aromatic carbocycles. The van der Waals surface area contributed by atoms with Crippen LogP contribution in [-0.2, 0) is 18.2 Å². The normalized spacial score (nSPS) is 10.2. The highest BCUT2D eigenvalue weighted by Crippen LogP contribution is 1.98. The van der Waals surface area contributed by atoms with Gasteiger partial charge >= 0.3 is 6.09 Å². The summed E-state index contributed by atoms with van der Waals surface area (Å²) in [6, 6.07) is 0. The van der Waals surface area contributed by atoms with E-state index >= 15 is 0 Å². The first-order valence-corrected chi connectivity index (χ1v) is 5.36. The van der Waals surface area contributed by atoms with Crippen molar-refractivity contribution in [3.8, 4) is 0 Å². The van der Waals surface area contributed by atoms with Gasteiger partial charge in [0.15, 0.2) is 0 Å². The van der Waals surface area contributed by atoms with Gasteiger partial charge < -0.3 is 9.64 Å². The summed E-state index contributed by atoms with van der Waals surface area (Å²) < 4.78 is 6.77. The second-order valence-corrected chi connectivity index (χ2v) is 3.63. The third kappa shape index (κ3) is 3.52. The van der Waals surface area contributed by atoms with E-state index in [1.165, 1.54) is 0 Å². The molecule has 0 atom stereocenters. The largest absolute Gasteiger partial charge is 0.449 e. The van der Waals surface area contributed by atoms with E-state index in [9.17, 15) is 4.79 Å². The van der Waals surface area contributed by atoms with Crippen molar-refractivity contribution in [2.75, 3.05) is 20.2 Å². The van der Waals surface area contributed by atoms with Crippen molar-refractivity contribution in [1.82, 2.24) is 19.9 Å². The van der Waals surface area contributed by atoms with E-state index in [4.69, 9.17) is 4.74 Å². The summed E-state index contributed by atoms with van der Waals surface area (Å²) in [5, 5.41) is 7.54. The number of aryl methyl sites for hydroxylation is 1. The van der Waals surface area contributed by atoms with Crippen molar-refractivity contribution in [3.63, 3.8) is 0 Å². The molecule has 6 heteroatoms. The first-order chi connectivity index (χ1) is 7.65. The maximum Gasteiger partial charge on any atom is 0.409 e. The van der Waals surface area contributed by atoms with Gasteiger partial charge in [0.1, 0.15) is 0 Å². The number of amides is 1. The summed E-state index contributed by atoms with van der Waals surface area (Å²) >= 11 is 0. The number of aromatic nitrogens is 3. The number of ether oxygens (including phenoxy) is 1. The van der Waals surface area contributed by atoms with Gasteiger partial charge in [-0.25, -0.2) is 4.79 Å². The molecule has 0 aliphatic rings. The minimum Gasteiger partial charge on any atom is -0.449 e. The Kier molecular flexibility index (Phi) is 4.75. The predicted octanol–water partition coefficient (Wildman–Crippen LogP) is 0.836. The molecule has 0 saturated carbocycles. The van der Waals surface area contributed by atoms with Crippen LogP contribution >= 0.6 is 0 Å². The van der Waals surface area contributed by atoms with Crippen molar-refractivity contribution in [2.45, 2.75) is 19.8 Å². The van der Waals surface area contributed by atoms with Gasteiger partial charge in [0.2, 0.25) is 0 Å². The molecule has 0 fully saturated rings. The van der Waals surface area contributed by atoms with Gasteiger partial charge in [-0.3, -0.25) is 4.68 Å². The number of carbonyl (C=O) groups excluding carboxylic acids is 1. The van der Waals surface area contributed by atoms with Crippen molar-refractivity contribution in [3.05, 3.63) is 11.9 Å². The van der Waals surface area contributed by atoms with Crippen LogP contribution in [0, 0.1) is 0 Å². The van der Waals surface area contributed by atoms with Crippen LogP contribution in [0.15, 0.2) is 6.20 Å². The Morgan fingerprint density at radius 3 is 2.94 bits per heavy atom. The predicted molar refractivity (Wildman–Crippen MR) is 59.0 cm³/mol.